The molecule has 1 aliphatic carbocycles. The molecule has 0 spiro atoms. The van der Waals surface area contributed by atoms with E-state index in [2.05, 4.69) is 89.8 Å². The molecule has 9 rings (SSSR count). The molecule has 192 valence electrons. The van der Waals surface area contributed by atoms with E-state index in [9.17, 15) is 0 Å². The Kier molecular flexibility index (Phi) is 4.58. The van der Waals surface area contributed by atoms with Gasteiger partial charge in [-0.2, -0.15) is 0 Å². The monoisotopic (exact) mass is 526 g/mol. The first kappa shape index (κ1) is 22.2. The van der Waals surface area contributed by atoms with Gasteiger partial charge in [-0.15, -0.1) is 0 Å². The van der Waals surface area contributed by atoms with Crippen molar-refractivity contribution in [1.82, 2.24) is 4.98 Å². The van der Waals surface area contributed by atoms with E-state index in [-0.39, 0.29) is 0 Å². The van der Waals surface area contributed by atoms with Crippen LogP contribution in [-0.2, 0) is 0 Å². The van der Waals surface area contributed by atoms with E-state index in [0.29, 0.717) is 5.89 Å². The summed E-state index contributed by atoms with van der Waals surface area (Å²) in [6.07, 6.45) is 0. The zero-order valence-electron chi connectivity index (χ0n) is 21.9. The van der Waals surface area contributed by atoms with Gasteiger partial charge in [0.15, 0.2) is 5.76 Å². The van der Waals surface area contributed by atoms with Gasteiger partial charge < -0.3 is 13.7 Å². The molecule has 0 saturated heterocycles. The van der Waals surface area contributed by atoms with Gasteiger partial charge in [-0.3, -0.25) is 0 Å². The zero-order chi connectivity index (χ0) is 26.9. The van der Waals surface area contributed by atoms with Crippen LogP contribution in [0.5, 0.6) is 0 Å². The first-order valence-electron chi connectivity index (χ1n) is 13.7. The van der Waals surface area contributed by atoms with Crippen LogP contribution in [0, 0.1) is 0 Å². The average Bonchev–Trinajstić information content (AvgIpc) is 3.72. The molecule has 0 amide bonds. The van der Waals surface area contributed by atoms with Gasteiger partial charge in [0.2, 0.25) is 5.89 Å². The lowest BCUT2D eigenvalue weighted by Crippen LogP contribution is -2.10. The summed E-state index contributed by atoms with van der Waals surface area (Å²) in [5.41, 5.74) is 9.02. The van der Waals surface area contributed by atoms with Crippen molar-refractivity contribution in [3.05, 3.63) is 133 Å². The lowest BCUT2D eigenvalue weighted by Gasteiger charge is -2.27. The van der Waals surface area contributed by atoms with Crippen molar-refractivity contribution in [3.8, 4) is 34.0 Å². The SMILES string of the molecule is c1ccc(-c2nc3c(o2)-c2ccc(N(c4ccccc4)c4cccc5oc6ccccc6c45)c4cccc-3c24)cc1. The van der Waals surface area contributed by atoms with Gasteiger partial charge in [-0.05, 0) is 54.6 Å². The topological polar surface area (TPSA) is 42.4 Å². The molecular weight excluding hydrogens is 504 g/mol. The first-order chi connectivity index (χ1) is 20.3. The fourth-order valence-corrected chi connectivity index (χ4v) is 6.29. The summed E-state index contributed by atoms with van der Waals surface area (Å²) in [7, 11) is 0. The summed E-state index contributed by atoms with van der Waals surface area (Å²) in [4.78, 5) is 7.31. The molecule has 2 aromatic heterocycles. The second kappa shape index (κ2) is 8.44. The lowest BCUT2D eigenvalue weighted by atomic mass is 10.00. The Hall–Kier alpha value is -5.61. The number of benzene rings is 6. The first-order valence-corrected chi connectivity index (χ1v) is 13.7. The highest BCUT2D eigenvalue weighted by Gasteiger charge is 2.30. The molecule has 0 unspecified atom stereocenters. The van der Waals surface area contributed by atoms with E-state index in [4.69, 9.17) is 13.8 Å². The maximum atomic E-state index is 6.41. The molecule has 0 N–H and O–H groups in total. The number of fused-ring (bicyclic) bond motifs is 6. The minimum absolute atomic E-state index is 0.645. The van der Waals surface area contributed by atoms with Gasteiger partial charge in [0.25, 0.3) is 0 Å². The Balaban J connectivity index is 1.30. The van der Waals surface area contributed by atoms with Crippen molar-refractivity contribution in [2.24, 2.45) is 0 Å². The molecule has 1 aliphatic rings. The Morgan fingerprint density at radius 3 is 2.10 bits per heavy atom. The van der Waals surface area contributed by atoms with Crippen molar-refractivity contribution >= 4 is 49.8 Å². The van der Waals surface area contributed by atoms with Crippen LogP contribution in [0.1, 0.15) is 0 Å². The number of furan rings is 1. The van der Waals surface area contributed by atoms with Crippen LogP contribution in [0.25, 0.3) is 66.7 Å². The molecule has 0 radical (unpaired) electrons. The minimum atomic E-state index is 0.645. The van der Waals surface area contributed by atoms with Crippen LogP contribution in [-0.4, -0.2) is 4.98 Å². The van der Waals surface area contributed by atoms with Crippen molar-refractivity contribution in [1.29, 1.82) is 0 Å². The van der Waals surface area contributed by atoms with E-state index in [1.807, 2.05) is 48.5 Å². The second-order valence-corrected chi connectivity index (χ2v) is 10.3. The highest BCUT2D eigenvalue weighted by Crippen LogP contribution is 2.52. The second-order valence-electron chi connectivity index (χ2n) is 10.3. The largest absolute Gasteiger partial charge is 0.456 e. The number of para-hydroxylation sites is 2. The van der Waals surface area contributed by atoms with E-state index >= 15 is 0 Å². The number of hydrogen-bond donors (Lipinski definition) is 0. The van der Waals surface area contributed by atoms with Gasteiger partial charge in [0, 0.05) is 38.5 Å². The number of rotatable bonds is 4. The van der Waals surface area contributed by atoms with Crippen molar-refractivity contribution in [2.45, 2.75) is 0 Å². The third kappa shape index (κ3) is 3.19. The Labute approximate surface area is 235 Å². The summed E-state index contributed by atoms with van der Waals surface area (Å²) in [5.74, 6) is 1.47. The fraction of sp³-hybridized carbons (Fsp3) is 0. The molecule has 0 saturated carbocycles. The highest BCUT2D eigenvalue weighted by molar-refractivity contribution is 6.19. The Morgan fingerprint density at radius 2 is 1.22 bits per heavy atom. The van der Waals surface area contributed by atoms with Gasteiger partial charge in [-0.1, -0.05) is 78.9 Å². The molecule has 0 bridgehead atoms. The fourth-order valence-electron chi connectivity index (χ4n) is 6.29. The maximum Gasteiger partial charge on any atom is 0.227 e. The van der Waals surface area contributed by atoms with Crippen LogP contribution >= 0.6 is 0 Å². The summed E-state index contributed by atoms with van der Waals surface area (Å²) in [6, 6.07) is 46.0. The molecule has 0 fully saturated rings. The number of oxazole rings is 1. The van der Waals surface area contributed by atoms with Gasteiger partial charge in [0.05, 0.1) is 16.8 Å². The number of nitrogens with zero attached hydrogens (tertiary/aromatic N) is 2. The number of hydrogen-bond acceptors (Lipinski definition) is 4. The molecule has 2 heterocycles. The van der Waals surface area contributed by atoms with E-state index in [1.54, 1.807) is 0 Å². The van der Waals surface area contributed by atoms with Crippen LogP contribution in [0.15, 0.2) is 142 Å². The molecule has 4 heteroatoms. The standard InChI is InChI=1S/C37H22N2O2/c1-3-11-23(12-4-1)37-38-35-27-17-9-16-25-29(22-21-28(33(25)27)36(35)41-37)39(24-13-5-2-6-14-24)30-18-10-20-32-34(30)26-15-7-8-19-31(26)40-32/h1-22H. The molecule has 4 nitrogen and oxygen atoms in total. The number of aromatic nitrogens is 1. The minimum Gasteiger partial charge on any atom is -0.456 e. The van der Waals surface area contributed by atoms with Gasteiger partial charge in [0.1, 0.15) is 16.9 Å². The van der Waals surface area contributed by atoms with Crippen molar-refractivity contribution < 1.29 is 8.83 Å². The summed E-state index contributed by atoms with van der Waals surface area (Å²) < 4.78 is 12.7. The van der Waals surface area contributed by atoms with Crippen LogP contribution in [0.3, 0.4) is 0 Å². The molecule has 0 aliphatic heterocycles. The van der Waals surface area contributed by atoms with Crippen LogP contribution in [0.4, 0.5) is 17.1 Å². The predicted molar refractivity (Wildman–Crippen MR) is 166 cm³/mol. The molecule has 8 aromatic rings. The van der Waals surface area contributed by atoms with Crippen molar-refractivity contribution in [3.63, 3.8) is 0 Å². The number of anilines is 3. The predicted octanol–water partition coefficient (Wildman–Crippen LogP) is 10.5. The average molecular weight is 527 g/mol. The Bertz CT molecular complexity index is 2230. The third-order valence-corrected chi connectivity index (χ3v) is 8.04. The maximum absolute atomic E-state index is 6.41. The van der Waals surface area contributed by atoms with E-state index < -0.39 is 0 Å². The summed E-state index contributed by atoms with van der Waals surface area (Å²) in [6.45, 7) is 0. The molecule has 6 aromatic carbocycles. The smallest absolute Gasteiger partial charge is 0.227 e. The zero-order valence-corrected chi connectivity index (χ0v) is 21.9. The van der Waals surface area contributed by atoms with E-state index in [0.717, 1.165) is 77.9 Å². The Morgan fingerprint density at radius 1 is 0.488 bits per heavy atom. The molecular formula is C37H22N2O2. The van der Waals surface area contributed by atoms with Crippen molar-refractivity contribution in [2.75, 3.05) is 4.90 Å². The third-order valence-electron chi connectivity index (χ3n) is 8.04. The van der Waals surface area contributed by atoms with Gasteiger partial charge >= 0.3 is 0 Å². The van der Waals surface area contributed by atoms with Crippen LogP contribution in [0.2, 0.25) is 0 Å². The summed E-state index contributed by atoms with van der Waals surface area (Å²) in [5, 5.41) is 4.50. The lowest BCUT2D eigenvalue weighted by molar-refractivity contribution is 0.590. The highest BCUT2D eigenvalue weighted by atomic mass is 16.4. The molecule has 41 heavy (non-hydrogen) atoms. The van der Waals surface area contributed by atoms with Crippen LogP contribution < -0.4 is 4.90 Å². The molecule has 0 atom stereocenters. The quantitative estimate of drug-likeness (QED) is 0.229. The van der Waals surface area contributed by atoms with Gasteiger partial charge in [-0.25, -0.2) is 4.98 Å². The summed E-state index contributed by atoms with van der Waals surface area (Å²) >= 11 is 0. The van der Waals surface area contributed by atoms with E-state index in [1.165, 1.54) is 0 Å². The normalized spacial score (nSPS) is 11.9.